The van der Waals surface area contributed by atoms with Crippen molar-refractivity contribution in [2.24, 2.45) is 0 Å². The number of sulfonamides is 1. The van der Waals surface area contributed by atoms with Gasteiger partial charge in [-0.25, -0.2) is 8.42 Å². The second kappa shape index (κ2) is 8.99. The van der Waals surface area contributed by atoms with Crippen molar-refractivity contribution in [1.29, 1.82) is 0 Å². The van der Waals surface area contributed by atoms with Gasteiger partial charge in [0.15, 0.2) is 0 Å². The van der Waals surface area contributed by atoms with Crippen molar-refractivity contribution < 1.29 is 17.9 Å². The van der Waals surface area contributed by atoms with Gasteiger partial charge >= 0.3 is 0 Å². The Morgan fingerprint density at radius 1 is 1.11 bits per heavy atom. The molecule has 1 aliphatic carbocycles. The summed E-state index contributed by atoms with van der Waals surface area (Å²) in [7, 11) is -1.62. The van der Waals surface area contributed by atoms with E-state index in [4.69, 9.17) is 4.74 Å². The van der Waals surface area contributed by atoms with Crippen LogP contribution in [0.3, 0.4) is 0 Å². The molecule has 1 saturated heterocycles. The highest BCUT2D eigenvalue weighted by Crippen LogP contribution is 2.22. The first-order chi connectivity index (χ1) is 13.0. The van der Waals surface area contributed by atoms with Crippen LogP contribution in [-0.4, -0.2) is 62.9 Å². The number of carbonyl (C=O) groups is 1. The molecule has 0 radical (unpaired) electrons. The summed E-state index contributed by atoms with van der Waals surface area (Å²) in [6.45, 7) is 1.62. The van der Waals surface area contributed by atoms with Gasteiger partial charge in [-0.1, -0.05) is 31.4 Å². The number of nitrogens with zero attached hydrogens (tertiary/aromatic N) is 2. The van der Waals surface area contributed by atoms with Crippen molar-refractivity contribution in [3.8, 4) is 0 Å². The molecule has 0 atom stereocenters. The van der Waals surface area contributed by atoms with Crippen LogP contribution in [0.5, 0.6) is 0 Å². The van der Waals surface area contributed by atoms with Crippen LogP contribution in [0, 0.1) is 0 Å². The molecule has 2 fully saturated rings. The molecule has 7 heteroatoms. The molecule has 1 aromatic carbocycles. The number of morpholine rings is 1. The normalized spacial score (nSPS) is 20.0. The fraction of sp³-hybridized carbons (Fsp3) is 0.550. The SMILES string of the molecule is CN(C(=O)/C=C/c1ccc(S(=O)(=O)N2CCOCC2)cc1)C1CCCCC1. The van der Waals surface area contributed by atoms with Crippen molar-refractivity contribution in [3.05, 3.63) is 35.9 Å². The summed E-state index contributed by atoms with van der Waals surface area (Å²) < 4.78 is 31.9. The Morgan fingerprint density at radius 2 is 1.74 bits per heavy atom. The maximum Gasteiger partial charge on any atom is 0.246 e. The quantitative estimate of drug-likeness (QED) is 0.722. The number of hydrogen-bond donors (Lipinski definition) is 0. The van der Waals surface area contributed by atoms with Gasteiger partial charge < -0.3 is 9.64 Å². The Bertz CT molecular complexity index is 762. The van der Waals surface area contributed by atoms with Crippen LogP contribution in [0.4, 0.5) is 0 Å². The smallest absolute Gasteiger partial charge is 0.246 e. The summed E-state index contributed by atoms with van der Waals surface area (Å²) in [4.78, 5) is 14.5. The van der Waals surface area contributed by atoms with Crippen molar-refractivity contribution in [3.63, 3.8) is 0 Å². The average Bonchev–Trinajstić information content (AvgIpc) is 2.73. The zero-order valence-corrected chi connectivity index (χ0v) is 16.7. The van der Waals surface area contributed by atoms with Gasteiger partial charge in [-0.3, -0.25) is 4.79 Å². The third-order valence-electron chi connectivity index (χ3n) is 5.38. The fourth-order valence-electron chi connectivity index (χ4n) is 3.62. The monoisotopic (exact) mass is 392 g/mol. The minimum absolute atomic E-state index is 0.00749. The maximum absolute atomic E-state index is 12.6. The molecule has 1 heterocycles. The zero-order chi connectivity index (χ0) is 19.3. The van der Waals surface area contributed by atoms with Crippen molar-refractivity contribution >= 4 is 22.0 Å². The number of carbonyl (C=O) groups excluding carboxylic acids is 1. The van der Waals surface area contributed by atoms with Gasteiger partial charge in [0.1, 0.15) is 0 Å². The number of hydrogen-bond acceptors (Lipinski definition) is 4. The molecule has 6 nitrogen and oxygen atoms in total. The van der Waals surface area contributed by atoms with Crippen LogP contribution in [0.1, 0.15) is 37.7 Å². The van der Waals surface area contributed by atoms with E-state index in [9.17, 15) is 13.2 Å². The number of benzene rings is 1. The average molecular weight is 393 g/mol. The van der Waals surface area contributed by atoms with E-state index in [0.717, 1.165) is 18.4 Å². The Balaban J connectivity index is 1.63. The molecular weight excluding hydrogens is 364 g/mol. The third kappa shape index (κ3) is 4.97. The van der Waals surface area contributed by atoms with E-state index < -0.39 is 10.0 Å². The van der Waals surface area contributed by atoms with Crippen molar-refractivity contribution in [1.82, 2.24) is 9.21 Å². The lowest BCUT2D eigenvalue weighted by molar-refractivity contribution is -0.127. The summed E-state index contributed by atoms with van der Waals surface area (Å²) in [6, 6.07) is 6.99. The van der Waals surface area contributed by atoms with Gasteiger partial charge in [-0.15, -0.1) is 0 Å². The number of likely N-dealkylation sites (N-methyl/N-ethyl adjacent to an activating group) is 1. The van der Waals surface area contributed by atoms with Crippen LogP contribution >= 0.6 is 0 Å². The summed E-state index contributed by atoms with van der Waals surface area (Å²) in [5, 5.41) is 0. The minimum Gasteiger partial charge on any atom is -0.379 e. The van der Waals surface area contributed by atoms with Gasteiger partial charge in [0.25, 0.3) is 0 Å². The molecule has 148 valence electrons. The Labute approximate surface area is 161 Å². The van der Waals surface area contributed by atoms with Crippen LogP contribution in [-0.2, 0) is 19.6 Å². The lowest BCUT2D eigenvalue weighted by atomic mass is 9.94. The molecule has 0 spiro atoms. The van der Waals surface area contributed by atoms with E-state index in [1.54, 1.807) is 36.4 Å². The first kappa shape index (κ1) is 20.0. The molecule has 0 aromatic heterocycles. The van der Waals surface area contributed by atoms with Gasteiger partial charge in [-0.05, 0) is 36.6 Å². The Hall–Kier alpha value is -1.70. The Morgan fingerprint density at radius 3 is 2.37 bits per heavy atom. The molecule has 27 heavy (non-hydrogen) atoms. The second-order valence-electron chi connectivity index (χ2n) is 7.16. The molecular formula is C20H28N2O4S. The molecule has 0 bridgehead atoms. The first-order valence-electron chi connectivity index (χ1n) is 9.61. The standard InChI is InChI=1S/C20H28N2O4S/c1-21(18-5-3-2-4-6-18)20(23)12-9-17-7-10-19(11-8-17)27(24,25)22-13-15-26-16-14-22/h7-12,18H,2-6,13-16H2,1H3/b12-9+. The summed E-state index contributed by atoms with van der Waals surface area (Å²) in [5.41, 5.74) is 0.807. The minimum atomic E-state index is -3.48. The van der Waals surface area contributed by atoms with E-state index >= 15 is 0 Å². The summed E-state index contributed by atoms with van der Waals surface area (Å²) >= 11 is 0. The van der Waals surface area contributed by atoms with E-state index in [2.05, 4.69) is 0 Å². The molecule has 1 aliphatic heterocycles. The van der Waals surface area contributed by atoms with Crippen LogP contribution < -0.4 is 0 Å². The largest absolute Gasteiger partial charge is 0.379 e. The van der Waals surface area contributed by atoms with Crippen LogP contribution in [0.2, 0.25) is 0 Å². The molecule has 1 aromatic rings. The molecule has 2 aliphatic rings. The van der Waals surface area contributed by atoms with Gasteiger partial charge in [0.05, 0.1) is 18.1 Å². The molecule has 1 saturated carbocycles. The van der Waals surface area contributed by atoms with Crippen LogP contribution in [0.15, 0.2) is 35.2 Å². The van der Waals surface area contributed by atoms with E-state index in [0.29, 0.717) is 32.3 Å². The highest BCUT2D eigenvalue weighted by atomic mass is 32.2. The van der Waals surface area contributed by atoms with E-state index in [1.165, 1.54) is 23.6 Å². The van der Waals surface area contributed by atoms with Gasteiger partial charge in [-0.2, -0.15) is 4.31 Å². The highest BCUT2D eigenvalue weighted by molar-refractivity contribution is 7.89. The fourth-order valence-corrected chi connectivity index (χ4v) is 5.03. The second-order valence-corrected chi connectivity index (χ2v) is 9.10. The topological polar surface area (TPSA) is 66.9 Å². The lowest BCUT2D eigenvalue weighted by Gasteiger charge is -2.30. The molecule has 0 N–H and O–H groups in total. The zero-order valence-electron chi connectivity index (χ0n) is 15.8. The number of ether oxygens (including phenoxy) is 1. The number of amides is 1. The molecule has 3 rings (SSSR count). The maximum atomic E-state index is 12.6. The lowest BCUT2D eigenvalue weighted by Crippen LogP contribution is -2.40. The third-order valence-corrected chi connectivity index (χ3v) is 7.29. The molecule has 0 unspecified atom stereocenters. The van der Waals surface area contributed by atoms with Crippen LogP contribution in [0.25, 0.3) is 6.08 Å². The predicted octanol–water partition coefficient (Wildman–Crippen LogP) is 2.51. The van der Waals surface area contributed by atoms with E-state index in [1.807, 2.05) is 11.9 Å². The highest BCUT2D eigenvalue weighted by Gasteiger charge is 2.26. The van der Waals surface area contributed by atoms with Crippen molar-refractivity contribution in [2.45, 2.75) is 43.0 Å². The predicted molar refractivity (Wildman–Crippen MR) is 105 cm³/mol. The first-order valence-corrected chi connectivity index (χ1v) is 11.1. The van der Waals surface area contributed by atoms with Crippen molar-refractivity contribution in [2.75, 3.05) is 33.4 Å². The van der Waals surface area contributed by atoms with E-state index in [-0.39, 0.29) is 10.8 Å². The summed E-state index contributed by atoms with van der Waals surface area (Å²) in [6.07, 6.45) is 9.09. The summed E-state index contributed by atoms with van der Waals surface area (Å²) in [5.74, 6) is -0.00749. The number of rotatable bonds is 5. The van der Waals surface area contributed by atoms with Gasteiger partial charge in [0.2, 0.25) is 15.9 Å². The Kier molecular flexibility index (Phi) is 6.68. The van der Waals surface area contributed by atoms with Gasteiger partial charge in [0, 0.05) is 32.3 Å². The molecule has 1 amide bonds.